The normalized spacial score (nSPS) is 26.4. The maximum atomic E-state index is 6.37. The van der Waals surface area contributed by atoms with Crippen molar-refractivity contribution in [3.8, 4) is 0 Å². The Labute approximate surface area is 188 Å². The fraction of sp³-hybridized carbons (Fsp3) is 0.333. The molecule has 0 N–H and O–H groups in total. The highest BCUT2D eigenvalue weighted by molar-refractivity contribution is 5.15. The minimum atomic E-state index is -0.293. The van der Waals surface area contributed by atoms with E-state index in [1.54, 1.807) is 0 Å². The van der Waals surface area contributed by atoms with Gasteiger partial charge >= 0.3 is 0 Å². The fourth-order valence-corrected chi connectivity index (χ4v) is 4.03. The van der Waals surface area contributed by atoms with Crippen molar-refractivity contribution < 1.29 is 23.7 Å². The lowest BCUT2D eigenvalue weighted by Crippen LogP contribution is -2.52. The zero-order valence-corrected chi connectivity index (χ0v) is 17.9. The molecule has 0 radical (unpaired) electrons. The average Bonchev–Trinajstić information content (AvgIpc) is 3.63. The zero-order valence-electron chi connectivity index (χ0n) is 17.9. The molecule has 2 unspecified atom stereocenters. The minimum absolute atomic E-state index is 0.107. The van der Waals surface area contributed by atoms with Crippen LogP contribution in [-0.4, -0.2) is 37.3 Å². The van der Waals surface area contributed by atoms with Crippen LogP contribution in [0.4, 0.5) is 0 Å². The minimum Gasteiger partial charge on any atom is -0.374 e. The van der Waals surface area contributed by atoms with Gasteiger partial charge in [0.05, 0.1) is 26.4 Å². The Bertz CT molecular complexity index is 950. The van der Waals surface area contributed by atoms with Gasteiger partial charge in [0.2, 0.25) is 0 Å². The molecule has 2 aliphatic heterocycles. The van der Waals surface area contributed by atoms with Crippen LogP contribution < -0.4 is 0 Å². The Morgan fingerprint density at radius 2 is 1.06 bits per heavy atom. The molecule has 3 aromatic carbocycles. The van der Waals surface area contributed by atoms with E-state index in [1.165, 1.54) is 0 Å². The van der Waals surface area contributed by atoms with Gasteiger partial charge < -0.3 is 23.7 Å². The van der Waals surface area contributed by atoms with Crippen LogP contribution in [0.15, 0.2) is 91.0 Å². The van der Waals surface area contributed by atoms with E-state index in [2.05, 4.69) is 36.4 Å². The molecule has 2 fully saturated rings. The number of hydrogen-bond acceptors (Lipinski definition) is 5. The Morgan fingerprint density at radius 1 is 0.562 bits per heavy atom. The molecule has 0 aromatic heterocycles. The van der Waals surface area contributed by atoms with E-state index < -0.39 is 0 Å². The third-order valence-electron chi connectivity index (χ3n) is 5.77. The predicted octanol–water partition coefficient (Wildman–Crippen LogP) is 4.50. The number of rotatable bonds is 10. The molecule has 2 aliphatic rings. The van der Waals surface area contributed by atoms with Crippen LogP contribution in [0.25, 0.3) is 0 Å². The van der Waals surface area contributed by atoms with Gasteiger partial charge in [-0.2, -0.15) is 0 Å². The molecule has 0 saturated carbocycles. The lowest BCUT2D eigenvalue weighted by Gasteiger charge is -2.35. The van der Waals surface area contributed by atoms with Crippen LogP contribution in [0.5, 0.6) is 0 Å². The molecule has 2 heterocycles. The molecule has 0 amide bonds. The summed E-state index contributed by atoms with van der Waals surface area (Å²) < 4.78 is 30.6. The Kier molecular flexibility index (Phi) is 6.92. The smallest absolute Gasteiger partial charge is 0.187 e. The van der Waals surface area contributed by atoms with Gasteiger partial charge in [-0.3, -0.25) is 0 Å². The highest BCUT2D eigenvalue weighted by Gasteiger charge is 2.58. The van der Waals surface area contributed by atoms with Gasteiger partial charge in [-0.05, 0) is 16.7 Å². The summed E-state index contributed by atoms with van der Waals surface area (Å²) >= 11 is 0. The quantitative estimate of drug-likeness (QED) is 0.442. The van der Waals surface area contributed by atoms with E-state index in [-0.39, 0.29) is 30.7 Å². The summed E-state index contributed by atoms with van der Waals surface area (Å²) in [4.78, 5) is 0. The van der Waals surface area contributed by atoms with E-state index in [1.807, 2.05) is 54.6 Å². The van der Waals surface area contributed by atoms with Gasteiger partial charge in [-0.15, -0.1) is 0 Å². The van der Waals surface area contributed by atoms with Crippen LogP contribution in [0, 0.1) is 0 Å². The number of ether oxygens (including phenoxy) is 5. The highest BCUT2D eigenvalue weighted by Crippen LogP contribution is 2.39. The topological polar surface area (TPSA) is 49.5 Å². The van der Waals surface area contributed by atoms with Crippen molar-refractivity contribution in [1.82, 2.24) is 0 Å². The molecule has 32 heavy (non-hydrogen) atoms. The monoisotopic (exact) mass is 432 g/mol. The van der Waals surface area contributed by atoms with Crippen molar-refractivity contribution in [2.75, 3.05) is 6.61 Å². The summed E-state index contributed by atoms with van der Waals surface area (Å²) in [5, 5.41) is 0. The summed E-state index contributed by atoms with van der Waals surface area (Å²) in [7, 11) is 0. The third kappa shape index (κ3) is 5.44. The molecular formula is C27H28O5. The standard InChI is InChI=1S/C27H28O5/c1-4-10-20(11-5-1)16-28-19-23-24(29-17-21-12-6-2-7-13-21)25(26-27(31-23)32-26)30-18-22-14-8-3-9-15-22/h1-15,23-27H,16-19H2/t23?,24-,25-,26?,27-/m0/s1. The van der Waals surface area contributed by atoms with Crippen LogP contribution in [-0.2, 0) is 43.5 Å². The fourth-order valence-electron chi connectivity index (χ4n) is 4.03. The number of epoxide rings is 1. The first-order valence-corrected chi connectivity index (χ1v) is 11.1. The third-order valence-corrected chi connectivity index (χ3v) is 5.77. The molecular weight excluding hydrogens is 404 g/mol. The van der Waals surface area contributed by atoms with Gasteiger partial charge in [0.15, 0.2) is 6.29 Å². The summed E-state index contributed by atoms with van der Waals surface area (Å²) in [6.07, 6.45) is -1.14. The van der Waals surface area contributed by atoms with Crippen molar-refractivity contribution >= 4 is 0 Å². The zero-order chi connectivity index (χ0) is 21.6. The summed E-state index contributed by atoms with van der Waals surface area (Å²) in [5.41, 5.74) is 3.36. The first-order chi connectivity index (χ1) is 15.9. The van der Waals surface area contributed by atoms with E-state index in [4.69, 9.17) is 23.7 Å². The van der Waals surface area contributed by atoms with Crippen LogP contribution >= 0.6 is 0 Å². The Morgan fingerprint density at radius 3 is 1.62 bits per heavy atom. The highest BCUT2D eigenvalue weighted by atomic mass is 16.8. The Balaban J connectivity index is 1.26. The number of hydrogen-bond donors (Lipinski definition) is 0. The first-order valence-electron chi connectivity index (χ1n) is 11.1. The van der Waals surface area contributed by atoms with Crippen molar-refractivity contribution in [1.29, 1.82) is 0 Å². The molecule has 5 rings (SSSR count). The van der Waals surface area contributed by atoms with Gasteiger partial charge in [0, 0.05) is 0 Å². The molecule has 0 bridgehead atoms. The largest absolute Gasteiger partial charge is 0.374 e. The molecule has 0 spiro atoms. The van der Waals surface area contributed by atoms with Crippen molar-refractivity contribution in [3.05, 3.63) is 108 Å². The van der Waals surface area contributed by atoms with E-state index >= 15 is 0 Å². The number of fused-ring (bicyclic) bond motifs is 1. The van der Waals surface area contributed by atoms with Gasteiger partial charge in [0.1, 0.15) is 24.4 Å². The average molecular weight is 433 g/mol. The van der Waals surface area contributed by atoms with Crippen molar-refractivity contribution in [2.45, 2.75) is 50.5 Å². The predicted molar refractivity (Wildman–Crippen MR) is 120 cm³/mol. The Hall–Kier alpha value is -2.54. The van der Waals surface area contributed by atoms with Gasteiger partial charge in [0.25, 0.3) is 0 Å². The van der Waals surface area contributed by atoms with Crippen LogP contribution in [0.1, 0.15) is 16.7 Å². The molecule has 166 valence electrons. The molecule has 5 heteroatoms. The van der Waals surface area contributed by atoms with Crippen LogP contribution in [0.2, 0.25) is 0 Å². The lowest BCUT2D eigenvalue weighted by atomic mass is 10.0. The lowest BCUT2D eigenvalue weighted by molar-refractivity contribution is -0.192. The second kappa shape index (κ2) is 10.4. The molecule has 5 nitrogen and oxygen atoms in total. The molecule has 5 atom stereocenters. The maximum Gasteiger partial charge on any atom is 0.187 e. The molecule has 0 aliphatic carbocycles. The summed E-state index contributed by atoms with van der Waals surface area (Å²) in [6, 6.07) is 30.4. The number of benzene rings is 3. The molecule has 3 aromatic rings. The van der Waals surface area contributed by atoms with Crippen LogP contribution in [0.3, 0.4) is 0 Å². The molecule has 2 saturated heterocycles. The second-order valence-corrected chi connectivity index (χ2v) is 8.17. The first kappa shape index (κ1) is 21.3. The van der Waals surface area contributed by atoms with E-state index in [0.717, 1.165) is 16.7 Å². The SMILES string of the molecule is c1ccc(COCC2O[C@H]3OC3[C@@H](OCc3ccccc3)[C@H]2OCc2ccccc2)cc1. The van der Waals surface area contributed by atoms with E-state index in [9.17, 15) is 0 Å². The van der Waals surface area contributed by atoms with Gasteiger partial charge in [-0.25, -0.2) is 0 Å². The summed E-state index contributed by atoms with van der Waals surface area (Å²) in [6.45, 7) is 1.91. The maximum absolute atomic E-state index is 6.37. The van der Waals surface area contributed by atoms with Crippen molar-refractivity contribution in [3.63, 3.8) is 0 Å². The second-order valence-electron chi connectivity index (χ2n) is 8.17. The van der Waals surface area contributed by atoms with Gasteiger partial charge in [-0.1, -0.05) is 91.0 Å². The van der Waals surface area contributed by atoms with E-state index in [0.29, 0.717) is 26.4 Å². The summed E-state index contributed by atoms with van der Waals surface area (Å²) in [5.74, 6) is 0. The van der Waals surface area contributed by atoms with Crippen molar-refractivity contribution in [2.24, 2.45) is 0 Å².